The second-order valence-corrected chi connectivity index (χ2v) is 18.0. The number of halogens is 17. The highest BCUT2D eigenvalue weighted by molar-refractivity contribution is 5.57. The van der Waals surface area contributed by atoms with Crippen LogP contribution < -0.4 is 25.4 Å². The minimum absolute atomic E-state index is 0.0212. The molecule has 494 valence electrons. The van der Waals surface area contributed by atoms with Gasteiger partial charge in [-0.1, -0.05) is 0 Å². The molecular formula is C52H27F17N16O10. The molecule has 0 spiro atoms. The van der Waals surface area contributed by atoms with E-state index < -0.39 is 131 Å². The first-order valence-corrected chi connectivity index (χ1v) is 24.9. The molecule has 0 radical (unpaired) electrons. The molecule has 12 rings (SSSR count). The Morgan fingerprint density at radius 3 is 1.26 bits per heavy atom. The Labute approximate surface area is 510 Å². The van der Waals surface area contributed by atoms with Gasteiger partial charge in [0.15, 0.2) is 33.8 Å². The van der Waals surface area contributed by atoms with Crippen LogP contribution in [0.3, 0.4) is 0 Å². The predicted octanol–water partition coefficient (Wildman–Crippen LogP) is 13.4. The molecule has 8 heterocycles. The summed E-state index contributed by atoms with van der Waals surface area (Å²) in [5.41, 5.74) is -5.09. The lowest BCUT2D eigenvalue weighted by Crippen LogP contribution is -2.12. The van der Waals surface area contributed by atoms with E-state index in [2.05, 4.69) is 40.3 Å². The van der Waals surface area contributed by atoms with Gasteiger partial charge < -0.3 is 19.9 Å². The fourth-order valence-corrected chi connectivity index (χ4v) is 7.75. The first kappa shape index (κ1) is 68.3. The molecule has 8 aromatic heterocycles. The number of ether oxygens (including phenoxy) is 3. The first-order chi connectivity index (χ1) is 44.5. The Morgan fingerprint density at radius 2 is 0.821 bits per heavy atom. The van der Waals surface area contributed by atoms with Gasteiger partial charge in [-0.05, 0) is 48.5 Å². The number of alkyl halides is 12. The molecule has 26 nitrogen and oxygen atoms in total. The summed E-state index contributed by atoms with van der Waals surface area (Å²) in [5.74, 6) is -12.3. The van der Waals surface area contributed by atoms with Crippen molar-refractivity contribution in [3.8, 4) is 34.5 Å². The third kappa shape index (κ3) is 15.9. The lowest BCUT2D eigenvalue weighted by atomic mass is 10.1. The number of aromatic nitrogens is 12. The van der Waals surface area contributed by atoms with Gasteiger partial charge in [0, 0.05) is 73.3 Å². The minimum atomic E-state index is -5.31. The molecule has 0 amide bonds. The number of anilines is 1. The summed E-state index contributed by atoms with van der Waals surface area (Å²) in [4.78, 5) is 54.1. The van der Waals surface area contributed by atoms with Crippen molar-refractivity contribution in [2.45, 2.75) is 24.7 Å². The number of nitro groups is 3. The van der Waals surface area contributed by atoms with Gasteiger partial charge in [-0.25, -0.2) is 51.2 Å². The van der Waals surface area contributed by atoms with E-state index in [1.54, 1.807) is 10.7 Å². The van der Waals surface area contributed by atoms with Crippen LogP contribution in [0, 0.1) is 59.4 Å². The zero-order valence-electron chi connectivity index (χ0n) is 45.7. The molecule has 0 aliphatic heterocycles. The van der Waals surface area contributed by atoms with E-state index in [0.29, 0.717) is 47.3 Å². The quantitative estimate of drug-likeness (QED) is 0.0587. The molecule has 43 heteroatoms. The Morgan fingerprint density at radius 1 is 0.432 bits per heavy atom. The van der Waals surface area contributed by atoms with Gasteiger partial charge in [-0.2, -0.15) is 76.8 Å². The van der Waals surface area contributed by atoms with E-state index in [1.165, 1.54) is 106 Å². The lowest BCUT2D eigenvalue weighted by molar-refractivity contribution is -0.388. The van der Waals surface area contributed by atoms with Crippen LogP contribution in [0.2, 0.25) is 0 Å². The van der Waals surface area contributed by atoms with Crippen molar-refractivity contribution in [3.63, 3.8) is 0 Å². The van der Waals surface area contributed by atoms with Crippen molar-refractivity contribution < 1.29 is 104 Å². The Balaban J connectivity index is 0.000000156. The van der Waals surface area contributed by atoms with Crippen molar-refractivity contribution in [2.24, 2.45) is 0 Å². The number of pyridine rings is 4. The van der Waals surface area contributed by atoms with E-state index in [-0.39, 0.29) is 34.4 Å². The first-order valence-electron chi connectivity index (χ1n) is 24.9. The maximum atomic E-state index is 13.9. The van der Waals surface area contributed by atoms with Crippen molar-refractivity contribution >= 4 is 45.3 Å². The third-order valence-corrected chi connectivity index (χ3v) is 11.8. The zero-order chi connectivity index (χ0) is 69.6. The summed E-state index contributed by atoms with van der Waals surface area (Å²) >= 11 is 0. The number of hydrogen-bond acceptors (Lipinski definition) is 18. The van der Waals surface area contributed by atoms with Gasteiger partial charge in [-0.15, -0.1) is 0 Å². The van der Waals surface area contributed by atoms with E-state index in [1.807, 2.05) is 0 Å². The molecule has 3 N–H and O–H groups in total. The van der Waals surface area contributed by atoms with Gasteiger partial charge in [-0.3, -0.25) is 40.2 Å². The molecule has 0 saturated heterocycles. The molecule has 0 aliphatic carbocycles. The van der Waals surface area contributed by atoms with Crippen molar-refractivity contribution in [3.05, 3.63) is 239 Å². The summed E-state index contributed by atoms with van der Waals surface area (Å²) in [6.07, 6.45) is -9.54. The van der Waals surface area contributed by atoms with E-state index in [9.17, 15) is 110 Å². The Bertz CT molecular complexity index is 4900. The molecule has 0 aliphatic rings. The topological polar surface area (TPSA) is 324 Å². The number of nitrogen functional groups attached to an aromatic ring is 1. The number of nitrogens with zero attached hydrogens (tertiary/aromatic N) is 14. The number of aromatic amines is 1. The SMILES string of the molecule is Nc1ccc(Oc2ccn3ncnc3c2)c(C(F)(F)F)c1F.O=[N+]([O-])c1ccc(F)c(C(F)(F)F)c1F.O=[N+]([O-])c1ccc(F)c(C(F)(F)F)c1Oc1ccn2ncnc2c1.O=[N+]([O-])c1ccc(Oc2ccn3ncnc3c2)c(C(F)(F)F)c1F.O=c1ccn2[nH]cnc2c1. The summed E-state index contributed by atoms with van der Waals surface area (Å²) in [5, 5.41) is 45.9. The van der Waals surface area contributed by atoms with Crippen LogP contribution in [0.15, 0.2) is 152 Å². The molecule has 0 bridgehead atoms. The molecule has 12 aromatic rings. The van der Waals surface area contributed by atoms with Crippen LogP contribution >= 0.6 is 0 Å². The average Bonchev–Trinajstić information content (AvgIpc) is 1.18. The number of H-pyrrole nitrogens is 1. The van der Waals surface area contributed by atoms with Crippen LogP contribution in [0.1, 0.15) is 22.3 Å². The normalized spacial score (nSPS) is 11.5. The number of nitrogens with one attached hydrogen (secondary N) is 1. The second kappa shape index (κ2) is 27.1. The maximum Gasteiger partial charge on any atom is 0.423 e. The maximum absolute atomic E-state index is 13.9. The largest absolute Gasteiger partial charge is 0.456 e. The van der Waals surface area contributed by atoms with Crippen LogP contribution in [0.5, 0.6) is 34.5 Å². The smallest absolute Gasteiger partial charge is 0.423 e. The van der Waals surface area contributed by atoms with E-state index in [0.717, 1.165) is 12.1 Å². The highest BCUT2D eigenvalue weighted by atomic mass is 19.4. The van der Waals surface area contributed by atoms with Crippen molar-refractivity contribution in [1.29, 1.82) is 0 Å². The Hall–Kier alpha value is -12.6. The fourth-order valence-electron chi connectivity index (χ4n) is 7.75. The number of benzene rings is 4. The van der Waals surface area contributed by atoms with Crippen molar-refractivity contribution in [2.75, 3.05) is 5.73 Å². The lowest BCUT2D eigenvalue weighted by Gasteiger charge is -2.15. The highest BCUT2D eigenvalue weighted by Gasteiger charge is 2.44. The Kier molecular flexibility index (Phi) is 19.4. The minimum Gasteiger partial charge on any atom is -0.456 e. The third-order valence-electron chi connectivity index (χ3n) is 11.8. The van der Waals surface area contributed by atoms with E-state index in [4.69, 9.17) is 19.9 Å². The molecule has 0 saturated carbocycles. The molecular weight excluding hydrogens is 1330 g/mol. The van der Waals surface area contributed by atoms with Crippen LogP contribution in [-0.4, -0.2) is 73.2 Å². The van der Waals surface area contributed by atoms with Gasteiger partial charge in [0.05, 0.1) is 20.5 Å². The monoisotopic (exact) mass is 1360 g/mol. The average molecular weight is 1360 g/mol. The zero-order valence-corrected chi connectivity index (χ0v) is 45.7. The van der Waals surface area contributed by atoms with Crippen LogP contribution in [0.25, 0.3) is 22.6 Å². The van der Waals surface area contributed by atoms with E-state index >= 15 is 0 Å². The molecule has 0 atom stereocenters. The summed E-state index contributed by atoms with van der Waals surface area (Å²) in [7, 11) is 0. The fraction of sp³-hybridized carbons (Fsp3) is 0.0769. The molecule has 0 unspecified atom stereocenters. The molecule has 4 aromatic carbocycles. The number of rotatable bonds is 9. The van der Waals surface area contributed by atoms with Crippen molar-refractivity contribution in [1.82, 2.24) is 58.4 Å². The van der Waals surface area contributed by atoms with Crippen LogP contribution in [0.4, 0.5) is 97.4 Å². The summed E-state index contributed by atoms with van der Waals surface area (Å²) in [6, 6.07) is 15.5. The highest BCUT2D eigenvalue weighted by Crippen LogP contribution is 2.47. The number of fused-ring (bicyclic) bond motifs is 4. The standard InChI is InChI=1S/2C13H6F4N4O3.C13H8F4N4O.C7H2F5NO2.C6H5N3O/c14-12-8(21(22)23)1-2-9(11(12)13(15,16)17)24-7-3-4-20-10(5-7)18-6-19-20;14-8-1-2-9(21(22)23)12(11(8)13(15,16)17)24-7-3-4-20-10(5-7)18-6-19-20;14-12-8(18)1-2-9(11(12)13(15,16)17)22-7-3-4-21-10(5-7)19-6-20-21;8-3-1-2-4(13(14)15)6(9)5(3)7(10,11)12;10-5-1-2-9-6(3-5)7-4-8-9/h2*1-6H;1-6H,18H2;1-2H;1-4H,(H,7,8). The van der Waals surface area contributed by atoms with Crippen LogP contribution in [-0.2, 0) is 24.7 Å². The number of hydrogen-bond donors (Lipinski definition) is 2. The van der Waals surface area contributed by atoms with Gasteiger partial charge >= 0.3 is 41.8 Å². The number of nitrogens with two attached hydrogens (primary N) is 1. The van der Waals surface area contributed by atoms with Gasteiger partial charge in [0.2, 0.25) is 17.4 Å². The van der Waals surface area contributed by atoms with Gasteiger partial charge in [0.25, 0.3) is 0 Å². The summed E-state index contributed by atoms with van der Waals surface area (Å²) < 4.78 is 241. The molecule has 95 heavy (non-hydrogen) atoms. The predicted molar refractivity (Wildman–Crippen MR) is 285 cm³/mol. The second-order valence-electron chi connectivity index (χ2n) is 18.0. The van der Waals surface area contributed by atoms with Gasteiger partial charge in [0.1, 0.15) is 87.9 Å². The molecule has 0 fully saturated rings. The number of nitro benzene ring substituents is 3. The summed E-state index contributed by atoms with van der Waals surface area (Å²) in [6.45, 7) is 0.